The van der Waals surface area contributed by atoms with E-state index in [0.717, 1.165) is 51.6 Å². The zero-order valence-electron chi connectivity index (χ0n) is 19.9. The van der Waals surface area contributed by atoms with Crippen LogP contribution in [-0.2, 0) is 0 Å². The highest BCUT2D eigenvalue weighted by atomic mass is 16.5. The second-order valence-corrected chi connectivity index (χ2v) is 9.61. The standard InChI is InChI=1S/C34H25NO/c1-22-32-28-15-8-9-17-30(28)36-31-18-10-16-29(33(31)32)35-34(22)27-20-25(23-11-4-2-5-12-23)19-26(21-27)24-13-6-3-7-14-24/h2-13,15-21,24,32H,1,14H2. The van der Waals surface area contributed by atoms with E-state index >= 15 is 0 Å². The van der Waals surface area contributed by atoms with Gasteiger partial charge in [-0.2, -0.15) is 0 Å². The lowest BCUT2D eigenvalue weighted by molar-refractivity contribution is 0.453. The summed E-state index contributed by atoms with van der Waals surface area (Å²) in [6.07, 6.45) is 9.82. The van der Waals surface area contributed by atoms with Crippen molar-refractivity contribution in [1.82, 2.24) is 0 Å². The van der Waals surface area contributed by atoms with Crippen LogP contribution < -0.4 is 4.74 Å². The summed E-state index contributed by atoms with van der Waals surface area (Å²) < 4.78 is 6.26. The average Bonchev–Trinajstić information content (AvgIpc) is 2.95. The molecule has 0 aromatic heterocycles. The summed E-state index contributed by atoms with van der Waals surface area (Å²) in [7, 11) is 0. The largest absolute Gasteiger partial charge is 0.457 e. The molecule has 0 spiro atoms. The number of aliphatic imine (C=N–C) groups is 1. The smallest absolute Gasteiger partial charge is 0.133 e. The Morgan fingerprint density at radius 1 is 0.750 bits per heavy atom. The van der Waals surface area contributed by atoms with Crippen molar-refractivity contribution < 1.29 is 4.74 Å². The van der Waals surface area contributed by atoms with Crippen LogP contribution in [0.15, 0.2) is 132 Å². The van der Waals surface area contributed by atoms with Gasteiger partial charge in [0.1, 0.15) is 11.5 Å². The minimum Gasteiger partial charge on any atom is -0.457 e. The van der Waals surface area contributed by atoms with E-state index in [0.29, 0.717) is 5.92 Å². The van der Waals surface area contributed by atoms with Gasteiger partial charge < -0.3 is 4.74 Å². The number of ether oxygens (including phenoxy) is 1. The molecule has 2 heterocycles. The van der Waals surface area contributed by atoms with Gasteiger partial charge in [-0.3, -0.25) is 0 Å². The Bertz CT molecular complexity index is 1610. The van der Waals surface area contributed by atoms with Gasteiger partial charge in [0, 0.05) is 28.5 Å². The Labute approximate surface area is 211 Å². The van der Waals surface area contributed by atoms with E-state index in [1.54, 1.807) is 0 Å². The topological polar surface area (TPSA) is 21.6 Å². The molecule has 0 fully saturated rings. The Morgan fingerprint density at radius 2 is 1.56 bits per heavy atom. The molecule has 2 atom stereocenters. The van der Waals surface area contributed by atoms with Gasteiger partial charge in [0.2, 0.25) is 0 Å². The van der Waals surface area contributed by atoms with Crippen molar-refractivity contribution in [3.05, 3.63) is 150 Å². The molecule has 2 heteroatoms. The van der Waals surface area contributed by atoms with Gasteiger partial charge in [-0.15, -0.1) is 0 Å². The Hall–Kier alpha value is -4.43. The van der Waals surface area contributed by atoms with E-state index < -0.39 is 0 Å². The molecule has 3 aliphatic rings. The fourth-order valence-corrected chi connectivity index (χ4v) is 5.66. The van der Waals surface area contributed by atoms with Crippen LogP contribution in [0.1, 0.15) is 40.5 Å². The van der Waals surface area contributed by atoms with Crippen molar-refractivity contribution in [1.29, 1.82) is 0 Å². The number of fused-ring (bicyclic) bond motifs is 2. The lowest BCUT2D eigenvalue weighted by Crippen LogP contribution is -2.21. The molecule has 4 aromatic rings. The number of allylic oxidation sites excluding steroid dienone is 5. The summed E-state index contributed by atoms with van der Waals surface area (Å²) in [6.45, 7) is 4.63. The highest BCUT2D eigenvalue weighted by Gasteiger charge is 2.36. The maximum atomic E-state index is 6.26. The Balaban J connectivity index is 1.43. The summed E-state index contributed by atoms with van der Waals surface area (Å²) in [6, 6.07) is 32.0. The van der Waals surface area contributed by atoms with E-state index in [1.807, 2.05) is 24.3 Å². The first-order chi connectivity index (χ1) is 17.8. The normalized spacial score (nSPS) is 19.2. The minimum atomic E-state index is 0.0231. The second-order valence-electron chi connectivity index (χ2n) is 9.61. The molecule has 7 rings (SSSR count). The van der Waals surface area contributed by atoms with Crippen molar-refractivity contribution >= 4 is 11.4 Å². The lowest BCUT2D eigenvalue weighted by atomic mass is 9.76. The highest BCUT2D eigenvalue weighted by molar-refractivity contribution is 6.17. The van der Waals surface area contributed by atoms with Crippen LogP contribution in [0.5, 0.6) is 11.5 Å². The van der Waals surface area contributed by atoms with Gasteiger partial charge in [0.15, 0.2) is 0 Å². The van der Waals surface area contributed by atoms with Crippen molar-refractivity contribution in [3.63, 3.8) is 0 Å². The first kappa shape index (κ1) is 20.9. The molecule has 4 aromatic carbocycles. The Morgan fingerprint density at radius 3 is 2.42 bits per heavy atom. The van der Waals surface area contributed by atoms with Crippen molar-refractivity contribution in [2.75, 3.05) is 0 Å². The highest BCUT2D eigenvalue weighted by Crippen LogP contribution is 2.53. The number of para-hydroxylation sites is 1. The molecule has 172 valence electrons. The van der Waals surface area contributed by atoms with E-state index in [1.165, 1.54) is 16.7 Å². The molecule has 2 aliphatic heterocycles. The van der Waals surface area contributed by atoms with Crippen LogP contribution in [0, 0.1) is 0 Å². The fraction of sp³-hybridized carbons (Fsp3) is 0.0882. The third-order valence-electron chi connectivity index (χ3n) is 7.41. The van der Waals surface area contributed by atoms with Gasteiger partial charge in [-0.25, -0.2) is 4.99 Å². The fourth-order valence-electron chi connectivity index (χ4n) is 5.66. The number of benzene rings is 4. The second kappa shape index (κ2) is 8.35. The monoisotopic (exact) mass is 463 g/mol. The molecule has 0 radical (unpaired) electrons. The molecule has 2 nitrogen and oxygen atoms in total. The molecule has 36 heavy (non-hydrogen) atoms. The third-order valence-corrected chi connectivity index (χ3v) is 7.41. The average molecular weight is 464 g/mol. The van der Waals surface area contributed by atoms with Crippen LogP contribution in [-0.4, -0.2) is 5.71 Å². The molecule has 1 aliphatic carbocycles. The maximum Gasteiger partial charge on any atom is 0.133 e. The molecular weight excluding hydrogens is 438 g/mol. The summed E-state index contributed by atoms with van der Waals surface area (Å²) >= 11 is 0. The number of hydrogen-bond donors (Lipinski definition) is 0. The zero-order valence-corrected chi connectivity index (χ0v) is 19.9. The van der Waals surface area contributed by atoms with E-state index in [4.69, 9.17) is 9.73 Å². The summed E-state index contributed by atoms with van der Waals surface area (Å²) in [5.41, 5.74) is 10.0. The first-order valence-electron chi connectivity index (χ1n) is 12.5. The maximum absolute atomic E-state index is 6.26. The quantitative estimate of drug-likeness (QED) is 0.297. The van der Waals surface area contributed by atoms with Crippen LogP contribution in [0.4, 0.5) is 5.69 Å². The van der Waals surface area contributed by atoms with Gasteiger partial charge in [0.25, 0.3) is 0 Å². The van der Waals surface area contributed by atoms with Gasteiger partial charge in [0.05, 0.1) is 11.4 Å². The van der Waals surface area contributed by atoms with Crippen LogP contribution in [0.2, 0.25) is 0 Å². The van der Waals surface area contributed by atoms with Crippen LogP contribution in [0.3, 0.4) is 0 Å². The molecule has 2 unspecified atom stereocenters. The van der Waals surface area contributed by atoms with Crippen LogP contribution in [0.25, 0.3) is 11.1 Å². The lowest BCUT2D eigenvalue weighted by Gasteiger charge is -2.34. The van der Waals surface area contributed by atoms with E-state index in [2.05, 4.69) is 97.6 Å². The third kappa shape index (κ3) is 3.37. The summed E-state index contributed by atoms with van der Waals surface area (Å²) in [5, 5.41) is 0. The molecule has 0 bridgehead atoms. The first-order valence-corrected chi connectivity index (χ1v) is 12.5. The van der Waals surface area contributed by atoms with Gasteiger partial charge in [-0.05, 0) is 59.0 Å². The SMILES string of the molecule is C=C1C(c2cc(-c3ccccc3)cc(C3C=CC=CC3)c2)=Nc2cccc3c2C1c1ccccc1O3. The van der Waals surface area contributed by atoms with E-state index in [9.17, 15) is 0 Å². The van der Waals surface area contributed by atoms with Gasteiger partial charge >= 0.3 is 0 Å². The van der Waals surface area contributed by atoms with Crippen molar-refractivity contribution in [2.24, 2.45) is 4.99 Å². The number of rotatable bonds is 3. The predicted octanol–water partition coefficient (Wildman–Crippen LogP) is 8.88. The summed E-state index contributed by atoms with van der Waals surface area (Å²) in [4.78, 5) is 5.19. The minimum absolute atomic E-state index is 0.0231. The predicted molar refractivity (Wildman–Crippen MR) is 148 cm³/mol. The summed E-state index contributed by atoms with van der Waals surface area (Å²) in [5.74, 6) is 2.14. The molecule has 0 saturated heterocycles. The Kier molecular flexibility index (Phi) is 4.85. The van der Waals surface area contributed by atoms with E-state index in [-0.39, 0.29) is 5.92 Å². The molecule has 0 N–H and O–H groups in total. The van der Waals surface area contributed by atoms with Crippen LogP contribution >= 0.6 is 0 Å². The van der Waals surface area contributed by atoms with Gasteiger partial charge in [-0.1, -0.05) is 91.5 Å². The molecule has 0 amide bonds. The zero-order chi connectivity index (χ0) is 24.1. The van der Waals surface area contributed by atoms with Crippen molar-refractivity contribution in [3.8, 4) is 22.6 Å². The van der Waals surface area contributed by atoms with Crippen molar-refractivity contribution in [2.45, 2.75) is 18.3 Å². The molecule has 0 saturated carbocycles. The number of hydrogen-bond acceptors (Lipinski definition) is 2. The number of nitrogens with zero attached hydrogens (tertiary/aromatic N) is 1. The molecular formula is C34H25NO.